The van der Waals surface area contributed by atoms with Gasteiger partial charge in [-0.25, -0.2) is 0 Å². The summed E-state index contributed by atoms with van der Waals surface area (Å²) in [4.78, 5) is 37.5. The lowest BCUT2D eigenvalue weighted by atomic mass is 10.2. The first kappa shape index (κ1) is 19.6. The molecule has 0 fully saturated rings. The molecule has 0 spiro atoms. The topological polar surface area (TPSA) is 106 Å². The molecule has 28 heavy (non-hydrogen) atoms. The highest BCUT2D eigenvalue weighted by Crippen LogP contribution is 2.36. The van der Waals surface area contributed by atoms with Crippen molar-refractivity contribution in [2.24, 2.45) is 0 Å². The van der Waals surface area contributed by atoms with Crippen molar-refractivity contribution >= 4 is 35.2 Å². The Kier molecular flexibility index (Phi) is 6.05. The van der Waals surface area contributed by atoms with E-state index in [2.05, 4.69) is 16.2 Å². The number of hydrazine groups is 1. The fraction of sp³-hybridized carbons (Fsp3) is 0.211. The summed E-state index contributed by atoms with van der Waals surface area (Å²) in [5.74, 6) is -0.357. The Morgan fingerprint density at radius 2 is 1.75 bits per heavy atom. The van der Waals surface area contributed by atoms with Gasteiger partial charge in [0.1, 0.15) is 11.5 Å². The van der Waals surface area contributed by atoms with Crippen molar-refractivity contribution in [2.45, 2.75) is 16.6 Å². The van der Waals surface area contributed by atoms with Gasteiger partial charge in [0.05, 0.1) is 25.2 Å². The van der Waals surface area contributed by atoms with Gasteiger partial charge in [-0.05, 0) is 24.3 Å². The van der Waals surface area contributed by atoms with Crippen molar-refractivity contribution in [1.82, 2.24) is 10.9 Å². The van der Waals surface area contributed by atoms with Crippen LogP contribution >= 0.6 is 11.8 Å². The molecule has 0 saturated carbocycles. The van der Waals surface area contributed by atoms with Crippen LogP contribution in [0.15, 0.2) is 47.4 Å². The Bertz CT molecular complexity index is 896. The second kappa shape index (κ2) is 8.66. The monoisotopic (exact) mass is 401 g/mol. The molecule has 2 aromatic rings. The maximum absolute atomic E-state index is 12.3. The molecule has 3 amide bonds. The van der Waals surface area contributed by atoms with Crippen molar-refractivity contribution < 1.29 is 23.9 Å². The molecule has 0 aromatic heterocycles. The summed E-state index contributed by atoms with van der Waals surface area (Å²) in [7, 11) is 2.95. The Labute approximate surface area is 165 Å². The van der Waals surface area contributed by atoms with Crippen molar-refractivity contribution in [3.05, 3.63) is 48.0 Å². The summed E-state index contributed by atoms with van der Waals surface area (Å²) >= 11 is 1.32. The molecule has 0 aliphatic carbocycles. The SMILES string of the molecule is COc1cc(OC)cc(C(=O)NNC(=O)C[C@@H]2Sc3ccccc3NC2=O)c1. The standard InChI is InChI=1S/C19H19N3O5S/c1-26-12-7-11(8-13(9-12)27-2)18(24)22-21-17(23)10-16-19(25)20-14-5-3-4-6-15(14)28-16/h3-9,16H,10H2,1-2H3,(H,20,25)(H,21,23)(H,22,24)/t16-/m0/s1. The lowest BCUT2D eigenvalue weighted by Crippen LogP contribution is -2.44. The first-order chi connectivity index (χ1) is 13.5. The lowest BCUT2D eigenvalue weighted by molar-refractivity contribution is -0.124. The van der Waals surface area contributed by atoms with Crippen LogP contribution in [0.2, 0.25) is 0 Å². The van der Waals surface area contributed by atoms with E-state index in [1.54, 1.807) is 12.1 Å². The summed E-state index contributed by atoms with van der Waals surface area (Å²) < 4.78 is 10.2. The average Bonchev–Trinajstić information content (AvgIpc) is 2.72. The highest BCUT2D eigenvalue weighted by molar-refractivity contribution is 8.01. The molecule has 146 valence electrons. The van der Waals surface area contributed by atoms with Gasteiger partial charge in [0.2, 0.25) is 11.8 Å². The summed E-state index contributed by atoms with van der Waals surface area (Å²) in [6.07, 6.45) is -0.0768. The van der Waals surface area contributed by atoms with Crippen molar-refractivity contribution in [3.8, 4) is 11.5 Å². The van der Waals surface area contributed by atoms with E-state index < -0.39 is 17.1 Å². The zero-order valence-corrected chi connectivity index (χ0v) is 16.1. The minimum absolute atomic E-state index is 0.0768. The fourth-order valence-corrected chi connectivity index (χ4v) is 3.69. The van der Waals surface area contributed by atoms with Crippen LogP contribution < -0.4 is 25.6 Å². The largest absolute Gasteiger partial charge is 0.497 e. The van der Waals surface area contributed by atoms with Gasteiger partial charge in [-0.1, -0.05) is 12.1 Å². The van der Waals surface area contributed by atoms with E-state index in [4.69, 9.17) is 9.47 Å². The van der Waals surface area contributed by atoms with Crippen LogP contribution in [-0.4, -0.2) is 37.2 Å². The molecule has 0 unspecified atom stereocenters. The molecule has 0 saturated heterocycles. The van der Waals surface area contributed by atoms with Crippen LogP contribution in [0.4, 0.5) is 5.69 Å². The predicted molar refractivity (Wildman–Crippen MR) is 104 cm³/mol. The van der Waals surface area contributed by atoms with E-state index in [1.165, 1.54) is 38.1 Å². The predicted octanol–water partition coefficient (Wildman–Crippen LogP) is 1.97. The summed E-state index contributed by atoms with van der Waals surface area (Å²) in [6.45, 7) is 0. The number of para-hydroxylation sites is 1. The third-order valence-corrected chi connectivity index (χ3v) is 5.28. The fourth-order valence-electron chi connectivity index (χ4n) is 2.58. The highest BCUT2D eigenvalue weighted by Gasteiger charge is 2.28. The number of hydrogen-bond donors (Lipinski definition) is 3. The average molecular weight is 401 g/mol. The molecule has 1 atom stereocenters. The minimum atomic E-state index is -0.580. The van der Waals surface area contributed by atoms with E-state index in [1.807, 2.05) is 18.2 Å². The first-order valence-corrected chi connectivity index (χ1v) is 9.27. The summed E-state index contributed by atoms with van der Waals surface area (Å²) in [5, 5.41) is 2.20. The van der Waals surface area contributed by atoms with Gasteiger partial charge in [-0.3, -0.25) is 25.2 Å². The number of amides is 3. The Balaban J connectivity index is 1.57. The zero-order valence-electron chi connectivity index (χ0n) is 15.3. The van der Waals surface area contributed by atoms with E-state index in [-0.39, 0.29) is 17.9 Å². The van der Waals surface area contributed by atoms with Gasteiger partial charge >= 0.3 is 0 Å². The maximum Gasteiger partial charge on any atom is 0.269 e. The number of nitrogens with one attached hydrogen (secondary N) is 3. The third kappa shape index (κ3) is 4.55. The molecule has 0 radical (unpaired) electrons. The van der Waals surface area contributed by atoms with Crippen LogP contribution in [0.3, 0.4) is 0 Å². The second-order valence-electron chi connectivity index (χ2n) is 5.90. The van der Waals surface area contributed by atoms with Gasteiger partial charge in [0.15, 0.2) is 0 Å². The molecule has 3 N–H and O–H groups in total. The normalized spacial score (nSPS) is 15.1. The Morgan fingerprint density at radius 1 is 1.07 bits per heavy atom. The number of carbonyl (C=O) groups excluding carboxylic acids is 3. The third-order valence-electron chi connectivity index (χ3n) is 4.01. The lowest BCUT2D eigenvalue weighted by Gasteiger charge is -2.23. The molecule has 1 aliphatic heterocycles. The second-order valence-corrected chi connectivity index (χ2v) is 7.14. The molecule has 1 heterocycles. The number of hydrogen-bond acceptors (Lipinski definition) is 6. The Morgan fingerprint density at radius 3 is 2.43 bits per heavy atom. The quantitative estimate of drug-likeness (QED) is 0.662. The molecular formula is C19H19N3O5S. The van der Waals surface area contributed by atoms with Gasteiger partial charge < -0.3 is 14.8 Å². The minimum Gasteiger partial charge on any atom is -0.497 e. The van der Waals surface area contributed by atoms with Gasteiger partial charge in [-0.15, -0.1) is 11.8 Å². The van der Waals surface area contributed by atoms with E-state index in [9.17, 15) is 14.4 Å². The highest BCUT2D eigenvalue weighted by atomic mass is 32.2. The number of rotatable bonds is 5. The molecule has 9 heteroatoms. The molecule has 8 nitrogen and oxygen atoms in total. The van der Waals surface area contributed by atoms with Crippen LogP contribution in [0.5, 0.6) is 11.5 Å². The first-order valence-electron chi connectivity index (χ1n) is 8.39. The number of benzene rings is 2. The van der Waals surface area contributed by atoms with Crippen LogP contribution in [0.1, 0.15) is 16.8 Å². The van der Waals surface area contributed by atoms with Crippen molar-refractivity contribution in [1.29, 1.82) is 0 Å². The van der Waals surface area contributed by atoms with Crippen molar-refractivity contribution in [2.75, 3.05) is 19.5 Å². The number of ether oxygens (including phenoxy) is 2. The number of anilines is 1. The van der Waals surface area contributed by atoms with Gasteiger partial charge in [0, 0.05) is 22.9 Å². The van der Waals surface area contributed by atoms with E-state index >= 15 is 0 Å². The van der Waals surface area contributed by atoms with Crippen LogP contribution in [-0.2, 0) is 9.59 Å². The number of fused-ring (bicyclic) bond motifs is 1. The Hall–Kier alpha value is -3.20. The number of thioether (sulfide) groups is 1. The number of methoxy groups -OCH3 is 2. The molecule has 1 aliphatic rings. The summed E-state index contributed by atoms with van der Waals surface area (Å²) in [6, 6.07) is 12.0. The van der Waals surface area contributed by atoms with Gasteiger partial charge in [0.25, 0.3) is 5.91 Å². The van der Waals surface area contributed by atoms with Gasteiger partial charge in [-0.2, -0.15) is 0 Å². The molecule has 3 rings (SSSR count). The molecule has 2 aromatic carbocycles. The summed E-state index contributed by atoms with van der Waals surface area (Å²) in [5.41, 5.74) is 5.66. The zero-order chi connectivity index (χ0) is 20.1. The maximum atomic E-state index is 12.3. The van der Waals surface area contributed by atoms with E-state index in [0.717, 1.165) is 10.6 Å². The smallest absolute Gasteiger partial charge is 0.269 e. The van der Waals surface area contributed by atoms with Crippen LogP contribution in [0, 0.1) is 0 Å². The molecular weight excluding hydrogens is 382 g/mol. The van der Waals surface area contributed by atoms with Crippen LogP contribution in [0.25, 0.3) is 0 Å². The van der Waals surface area contributed by atoms with E-state index in [0.29, 0.717) is 11.5 Å². The number of carbonyl (C=O) groups is 3. The molecule has 0 bridgehead atoms. The van der Waals surface area contributed by atoms with Crippen molar-refractivity contribution in [3.63, 3.8) is 0 Å².